The van der Waals surface area contributed by atoms with Crippen LogP contribution in [-0.2, 0) is 21.4 Å². The number of benzene rings is 2. The molecular weight excluding hydrogens is 352 g/mol. The largest absolute Gasteiger partial charge is 0.494 e. The Morgan fingerprint density at radius 1 is 1.15 bits per heavy atom. The Bertz CT molecular complexity index is 875. The molecule has 1 amide bonds. The highest BCUT2D eigenvalue weighted by molar-refractivity contribution is 7.92. The molecule has 6 nitrogen and oxygen atoms in total. The van der Waals surface area contributed by atoms with E-state index in [4.69, 9.17) is 4.74 Å². The van der Waals surface area contributed by atoms with Crippen molar-refractivity contribution in [2.75, 3.05) is 17.6 Å². The first kappa shape index (κ1) is 19.5. The minimum absolute atomic E-state index is 0.236. The van der Waals surface area contributed by atoms with Crippen molar-refractivity contribution in [2.45, 2.75) is 13.5 Å². The van der Waals surface area contributed by atoms with Crippen LogP contribution >= 0.6 is 0 Å². The molecule has 0 aliphatic rings. The highest BCUT2D eigenvalue weighted by Crippen LogP contribution is 2.13. The SMILES string of the molecule is CCOc1ccc(/C=C/C(=O)NCc2cccc(NS(C)(=O)=O)c2)cc1. The number of carbonyl (C=O) groups is 1. The predicted molar refractivity (Wildman–Crippen MR) is 103 cm³/mol. The van der Waals surface area contributed by atoms with Crippen LogP contribution in [-0.4, -0.2) is 27.2 Å². The molecule has 0 atom stereocenters. The third-order valence-corrected chi connectivity index (χ3v) is 3.92. The number of nitrogens with one attached hydrogen (secondary N) is 2. The van der Waals surface area contributed by atoms with Crippen LogP contribution in [0.1, 0.15) is 18.1 Å². The molecule has 2 rings (SSSR count). The lowest BCUT2D eigenvalue weighted by Crippen LogP contribution is -2.20. The number of hydrogen-bond acceptors (Lipinski definition) is 4. The van der Waals surface area contributed by atoms with Gasteiger partial charge in [0, 0.05) is 18.3 Å². The predicted octanol–water partition coefficient (Wildman–Crippen LogP) is 2.79. The molecule has 7 heteroatoms. The van der Waals surface area contributed by atoms with Crippen LogP contribution in [0.4, 0.5) is 5.69 Å². The van der Waals surface area contributed by atoms with Gasteiger partial charge in [-0.3, -0.25) is 9.52 Å². The van der Waals surface area contributed by atoms with Gasteiger partial charge in [0.1, 0.15) is 5.75 Å². The summed E-state index contributed by atoms with van der Waals surface area (Å²) in [6.07, 6.45) is 4.26. The van der Waals surface area contributed by atoms with Crippen molar-refractivity contribution < 1.29 is 17.9 Å². The molecule has 138 valence electrons. The fourth-order valence-corrected chi connectivity index (χ4v) is 2.78. The lowest BCUT2D eigenvalue weighted by atomic mass is 10.2. The molecule has 0 aromatic heterocycles. The van der Waals surface area contributed by atoms with E-state index in [-0.39, 0.29) is 5.91 Å². The van der Waals surface area contributed by atoms with Gasteiger partial charge in [0.2, 0.25) is 15.9 Å². The highest BCUT2D eigenvalue weighted by atomic mass is 32.2. The number of anilines is 1. The van der Waals surface area contributed by atoms with Gasteiger partial charge in [-0.15, -0.1) is 0 Å². The Kier molecular flexibility index (Phi) is 6.80. The molecule has 0 saturated heterocycles. The fourth-order valence-electron chi connectivity index (χ4n) is 2.22. The molecule has 26 heavy (non-hydrogen) atoms. The van der Waals surface area contributed by atoms with Gasteiger partial charge in [-0.2, -0.15) is 0 Å². The van der Waals surface area contributed by atoms with Crippen LogP contribution in [0.5, 0.6) is 5.75 Å². The molecule has 2 aromatic rings. The number of amides is 1. The average Bonchev–Trinajstić information content (AvgIpc) is 2.58. The molecule has 0 spiro atoms. The van der Waals surface area contributed by atoms with E-state index in [0.29, 0.717) is 18.8 Å². The quantitative estimate of drug-likeness (QED) is 0.696. The number of ether oxygens (including phenoxy) is 1. The van der Waals surface area contributed by atoms with Crippen molar-refractivity contribution >= 4 is 27.7 Å². The van der Waals surface area contributed by atoms with Crippen molar-refractivity contribution in [1.29, 1.82) is 0 Å². The van der Waals surface area contributed by atoms with Gasteiger partial charge in [-0.1, -0.05) is 24.3 Å². The molecule has 2 aromatic carbocycles. The van der Waals surface area contributed by atoms with E-state index < -0.39 is 10.0 Å². The maximum atomic E-state index is 11.9. The van der Waals surface area contributed by atoms with Gasteiger partial charge >= 0.3 is 0 Å². The lowest BCUT2D eigenvalue weighted by Gasteiger charge is -2.07. The van der Waals surface area contributed by atoms with Crippen LogP contribution in [0.25, 0.3) is 6.08 Å². The minimum atomic E-state index is -3.33. The summed E-state index contributed by atoms with van der Waals surface area (Å²) in [5.74, 6) is 0.553. The van der Waals surface area contributed by atoms with Crippen molar-refractivity contribution in [2.24, 2.45) is 0 Å². The summed E-state index contributed by atoms with van der Waals surface area (Å²) in [7, 11) is -3.33. The lowest BCUT2D eigenvalue weighted by molar-refractivity contribution is -0.116. The van der Waals surface area contributed by atoms with Crippen LogP contribution in [0.2, 0.25) is 0 Å². The van der Waals surface area contributed by atoms with E-state index in [1.165, 1.54) is 6.08 Å². The number of hydrogen-bond donors (Lipinski definition) is 2. The maximum absolute atomic E-state index is 11.9. The molecule has 0 bridgehead atoms. The summed E-state index contributed by atoms with van der Waals surface area (Å²) in [5.41, 5.74) is 2.15. The number of rotatable bonds is 8. The zero-order valence-corrected chi connectivity index (χ0v) is 15.5. The van der Waals surface area contributed by atoms with Crippen LogP contribution in [0.15, 0.2) is 54.6 Å². The highest BCUT2D eigenvalue weighted by Gasteiger charge is 2.03. The molecular formula is C19H22N2O4S. The third-order valence-electron chi connectivity index (χ3n) is 3.32. The van der Waals surface area contributed by atoms with Crippen LogP contribution < -0.4 is 14.8 Å². The molecule has 2 N–H and O–H groups in total. The van der Waals surface area contributed by atoms with Crippen LogP contribution in [0.3, 0.4) is 0 Å². The van der Waals surface area contributed by atoms with Gasteiger partial charge in [-0.25, -0.2) is 8.42 Å². The summed E-state index contributed by atoms with van der Waals surface area (Å²) >= 11 is 0. The topological polar surface area (TPSA) is 84.5 Å². The Labute approximate surface area is 153 Å². The normalized spacial score (nSPS) is 11.3. The molecule has 0 heterocycles. The Balaban J connectivity index is 1.89. The van der Waals surface area contributed by atoms with Crippen molar-refractivity contribution in [3.05, 3.63) is 65.7 Å². The Morgan fingerprint density at radius 2 is 1.88 bits per heavy atom. The summed E-state index contributed by atoms with van der Waals surface area (Å²) in [6, 6.07) is 14.3. The van der Waals surface area contributed by atoms with E-state index >= 15 is 0 Å². The first-order valence-corrected chi connectivity index (χ1v) is 10.0. The van der Waals surface area contributed by atoms with Crippen molar-refractivity contribution in [1.82, 2.24) is 5.32 Å². The monoisotopic (exact) mass is 374 g/mol. The average molecular weight is 374 g/mol. The van der Waals surface area contributed by atoms with Crippen molar-refractivity contribution in [3.8, 4) is 5.75 Å². The Hall–Kier alpha value is -2.80. The molecule has 0 aliphatic heterocycles. The van der Waals surface area contributed by atoms with E-state index in [9.17, 15) is 13.2 Å². The molecule has 0 fully saturated rings. The zero-order chi connectivity index (χ0) is 19.0. The summed E-state index contributed by atoms with van der Waals surface area (Å²) in [6.45, 7) is 2.83. The number of carbonyl (C=O) groups excluding carboxylic acids is 1. The Morgan fingerprint density at radius 3 is 2.54 bits per heavy atom. The minimum Gasteiger partial charge on any atom is -0.494 e. The van der Waals surface area contributed by atoms with E-state index in [1.54, 1.807) is 24.3 Å². The zero-order valence-electron chi connectivity index (χ0n) is 14.7. The molecule has 0 saturated carbocycles. The third kappa shape index (κ3) is 6.98. The van der Waals surface area contributed by atoms with Gasteiger partial charge in [-0.05, 0) is 48.4 Å². The summed E-state index contributed by atoms with van der Waals surface area (Å²) < 4.78 is 30.3. The number of sulfonamides is 1. The fraction of sp³-hybridized carbons (Fsp3) is 0.211. The van der Waals surface area contributed by atoms with Crippen molar-refractivity contribution in [3.63, 3.8) is 0 Å². The molecule has 0 unspecified atom stereocenters. The van der Waals surface area contributed by atoms with Crippen LogP contribution in [0, 0.1) is 0 Å². The van der Waals surface area contributed by atoms with E-state index in [1.807, 2.05) is 37.3 Å². The second kappa shape index (κ2) is 9.05. The smallest absolute Gasteiger partial charge is 0.244 e. The van der Waals surface area contributed by atoms with Gasteiger partial charge in [0.15, 0.2) is 0 Å². The van der Waals surface area contributed by atoms with E-state index in [2.05, 4.69) is 10.0 Å². The van der Waals surface area contributed by atoms with E-state index in [0.717, 1.165) is 23.1 Å². The van der Waals surface area contributed by atoms with Gasteiger partial charge in [0.25, 0.3) is 0 Å². The second-order valence-corrected chi connectivity index (χ2v) is 7.38. The first-order valence-electron chi connectivity index (χ1n) is 8.11. The standard InChI is InChI=1S/C19H22N2O4S/c1-3-25-18-10-7-15(8-11-18)9-12-19(22)20-14-16-5-4-6-17(13-16)21-26(2,23)24/h4-13,21H,3,14H2,1-2H3,(H,20,22)/b12-9+. The summed E-state index contributed by atoms with van der Waals surface area (Å²) in [4.78, 5) is 11.9. The molecule has 0 aliphatic carbocycles. The maximum Gasteiger partial charge on any atom is 0.244 e. The van der Waals surface area contributed by atoms with Gasteiger partial charge in [0.05, 0.1) is 12.9 Å². The summed E-state index contributed by atoms with van der Waals surface area (Å²) in [5, 5.41) is 2.76. The molecule has 0 radical (unpaired) electrons. The van der Waals surface area contributed by atoms with Gasteiger partial charge < -0.3 is 10.1 Å². The first-order chi connectivity index (χ1) is 12.4. The second-order valence-electron chi connectivity index (χ2n) is 5.63.